The fourth-order valence-electron chi connectivity index (χ4n) is 3.16. The van der Waals surface area contributed by atoms with Crippen LogP contribution in [0.4, 0.5) is 0 Å². The Morgan fingerprint density at radius 3 is 3.12 bits per heavy atom. The molecule has 6 nitrogen and oxygen atoms in total. The molecule has 0 unspecified atom stereocenters. The summed E-state index contributed by atoms with van der Waals surface area (Å²) < 4.78 is 7.56. The van der Waals surface area contributed by atoms with Crippen LogP contribution in [0.15, 0.2) is 35.5 Å². The molecule has 3 aromatic rings. The molecule has 2 aromatic heterocycles. The highest BCUT2D eigenvalue weighted by Gasteiger charge is 2.17. The summed E-state index contributed by atoms with van der Waals surface area (Å²) in [5.41, 5.74) is 2.96. The lowest BCUT2D eigenvalue weighted by atomic mass is 10.1. The molecule has 1 aliphatic heterocycles. The summed E-state index contributed by atoms with van der Waals surface area (Å²) in [5, 5.41) is 13.4. The quantitative estimate of drug-likeness (QED) is 0.712. The van der Waals surface area contributed by atoms with Gasteiger partial charge >= 0.3 is 0 Å². The van der Waals surface area contributed by atoms with Crippen LogP contribution in [0.5, 0.6) is 0 Å². The summed E-state index contributed by atoms with van der Waals surface area (Å²) in [5.74, 6) is 0.310. The number of benzene rings is 1. The molecule has 0 aliphatic carbocycles. The van der Waals surface area contributed by atoms with Gasteiger partial charge in [0.05, 0.1) is 17.4 Å². The van der Waals surface area contributed by atoms with Gasteiger partial charge in [-0.05, 0) is 42.8 Å². The maximum Gasteiger partial charge on any atom is 0.230 e. The van der Waals surface area contributed by atoms with Crippen LogP contribution >= 0.6 is 11.8 Å². The molecule has 1 N–H and O–H groups in total. The van der Waals surface area contributed by atoms with Gasteiger partial charge in [-0.1, -0.05) is 30.0 Å². The van der Waals surface area contributed by atoms with E-state index in [-0.39, 0.29) is 12.0 Å². The Morgan fingerprint density at radius 1 is 1.40 bits per heavy atom. The summed E-state index contributed by atoms with van der Waals surface area (Å²) in [4.78, 5) is 12.1. The Hall–Kier alpha value is -2.12. The number of para-hydroxylation sites is 1. The second-order valence-electron chi connectivity index (χ2n) is 6.26. The Kier molecular flexibility index (Phi) is 4.59. The smallest absolute Gasteiger partial charge is 0.230 e. The van der Waals surface area contributed by atoms with Crippen molar-refractivity contribution in [1.29, 1.82) is 0 Å². The molecule has 0 spiro atoms. The van der Waals surface area contributed by atoms with Gasteiger partial charge < -0.3 is 10.1 Å². The summed E-state index contributed by atoms with van der Waals surface area (Å²) in [6, 6.07) is 10.3. The van der Waals surface area contributed by atoms with Crippen LogP contribution in [-0.4, -0.2) is 45.5 Å². The number of rotatable bonds is 5. The normalized spacial score (nSPS) is 17.4. The fraction of sp³-hybridized carbons (Fsp3) is 0.389. The Bertz CT molecular complexity index is 918. The van der Waals surface area contributed by atoms with Crippen molar-refractivity contribution in [1.82, 2.24) is 19.9 Å². The molecule has 0 bridgehead atoms. The third-order valence-electron chi connectivity index (χ3n) is 4.42. The number of carbonyl (C=O) groups is 1. The maximum atomic E-state index is 12.1. The topological polar surface area (TPSA) is 68.5 Å². The summed E-state index contributed by atoms with van der Waals surface area (Å²) in [7, 11) is 0. The summed E-state index contributed by atoms with van der Waals surface area (Å²) >= 11 is 1.41. The fourth-order valence-corrected chi connectivity index (χ4v) is 3.94. The largest absolute Gasteiger partial charge is 0.376 e. The van der Waals surface area contributed by atoms with Gasteiger partial charge in [0, 0.05) is 13.2 Å². The van der Waals surface area contributed by atoms with E-state index in [1.807, 2.05) is 29.5 Å². The molecule has 4 rings (SSSR count). The predicted molar refractivity (Wildman–Crippen MR) is 97.9 cm³/mol. The van der Waals surface area contributed by atoms with E-state index in [2.05, 4.69) is 27.6 Å². The van der Waals surface area contributed by atoms with Crippen LogP contribution in [0.3, 0.4) is 0 Å². The number of nitrogens with one attached hydrogen (secondary N) is 1. The first kappa shape index (κ1) is 16.4. The standard InChI is InChI=1S/C18H20N4O2S/c1-12-9-13-5-2-3-7-15(13)22-17(12)20-21-18(22)25-11-16(23)19-10-14-6-4-8-24-14/h2-3,5,7,9,14H,4,6,8,10-11H2,1H3,(H,19,23)/t14-/m0/s1. The zero-order valence-corrected chi connectivity index (χ0v) is 14.9. The van der Waals surface area contributed by atoms with Crippen molar-refractivity contribution in [3.8, 4) is 0 Å². The molecular weight excluding hydrogens is 336 g/mol. The summed E-state index contributed by atoms with van der Waals surface area (Å²) in [6.07, 6.45) is 2.26. The first-order valence-corrected chi connectivity index (χ1v) is 9.45. The number of nitrogens with zero attached hydrogens (tertiary/aromatic N) is 3. The van der Waals surface area contributed by atoms with E-state index in [0.29, 0.717) is 12.3 Å². The van der Waals surface area contributed by atoms with Gasteiger partial charge in [-0.2, -0.15) is 0 Å². The predicted octanol–water partition coefficient (Wildman–Crippen LogP) is 2.58. The van der Waals surface area contributed by atoms with Crippen molar-refractivity contribution in [2.75, 3.05) is 18.9 Å². The number of fused-ring (bicyclic) bond motifs is 3. The van der Waals surface area contributed by atoms with Gasteiger partial charge in [0.15, 0.2) is 10.8 Å². The molecule has 0 saturated carbocycles. The highest BCUT2D eigenvalue weighted by atomic mass is 32.2. The number of hydrogen-bond acceptors (Lipinski definition) is 5. The first-order chi connectivity index (χ1) is 12.2. The number of ether oxygens (including phenoxy) is 1. The number of thioether (sulfide) groups is 1. The number of amides is 1. The van der Waals surface area contributed by atoms with Crippen LogP contribution in [0.25, 0.3) is 16.6 Å². The summed E-state index contributed by atoms with van der Waals surface area (Å²) in [6.45, 7) is 3.41. The third-order valence-corrected chi connectivity index (χ3v) is 5.35. The molecule has 1 aromatic carbocycles. The lowest BCUT2D eigenvalue weighted by molar-refractivity contribution is -0.119. The van der Waals surface area contributed by atoms with Crippen molar-refractivity contribution >= 4 is 34.2 Å². The van der Waals surface area contributed by atoms with Gasteiger partial charge in [-0.25, -0.2) is 0 Å². The molecule has 1 amide bonds. The van der Waals surface area contributed by atoms with Gasteiger partial charge in [0.2, 0.25) is 5.91 Å². The van der Waals surface area contributed by atoms with Gasteiger partial charge in [0.1, 0.15) is 0 Å². The van der Waals surface area contributed by atoms with Crippen molar-refractivity contribution in [2.24, 2.45) is 0 Å². The van der Waals surface area contributed by atoms with Crippen molar-refractivity contribution in [3.63, 3.8) is 0 Å². The molecule has 1 fully saturated rings. The van der Waals surface area contributed by atoms with Gasteiger partial charge in [-0.15, -0.1) is 10.2 Å². The van der Waals surface area contributed by atoms with E-state index in [9.17, 15) is 4.79 Å². The number of aryl methyl sites for hydroxylation is 1. The molecule has 1 saturated heterocycles. The second-order valence-corrected chi connectivity index (χ2v) is 7.20. The van der Waals surface area contributed by atoms with Crippen LogP contribution in [-0.2, 0) is 9.53 Å². The Labute approximate surface area is 150 Å². The molecule has 1 aliphatic rings. The number of pyridine rings is 1. The molecular formula is C18H20N4O2S. The van der Waals surface area contributed by atoms with E-state index in [1.165, 1.54) is 11.8 Å². The zero-order chi connectivity index (χ0) is 17.2. The Morgan fingerprint density at radius 2 is 2.28 bits per heavy atom. The lowest BCUT2D eigenvalue weighted by Gasteiger charge is -2.10. The minimum absolute atomic E-state index is 0.00536. The number of carbonyl (C=O) groups excluding carboxylic acids is 1. The molecule has 3 heterocycles. The van der Waals surface area contributed by atoms with E-state index < -0.39 is 0 Å². The highest BCUT2D eigenvalue weighted by Crippen LogP contribution is 2.25. The zero-order valence-electron chi connectivity index (χ0n) is 14.1. The van der Waals surface area contributed by atoms with Crippen molar-refractivity contribution in [3.05, 3.63) is 35.9 Å². The molecule has 0 radical (unpaired) electrons. The van der Waals surface area contributed by atoms with Crippen LogP contribution in [0.2, 0.25) is 0 Å². The van der Waals surface area contributed by atoms with E-state index in [4.69, 9.17) is 4.74 Å². The maximum absolute atomic E-state index is 12.1. The highest BCUT2D eigenvalue weighted by molar-refractivity contribution is 7.99. The lowest BCUT2D eigenvalue weighted by Crippen LogP contribution is -2.32. The van der Waals surface area contributed by atoms with Crippen LogP contribution < -0.4 is 5.32 Å². The minimum atomic E-state index is -0.00536. The van der Waals surface area contributed by atoms with Crippen molar-refractivity contribution < 1.29 is 9.53 Å². The third kappa shape index (κ3) is 3.34. The molecule has 130 valence electrons. The monoisotopic (exact) mass is 356 g/mol. The average molecular weight is 356 g/mol. The van der Waals surface area contributed by atoms with Crippen molar-refractivity contribution in [2.45, 2.75) is 31.0 Å². The Balaban J connectivity index is 1.50. The van der Waals surface area contributed by atoms with Gasteiger partial charge in [-0.3, -0.25) is 9.20 Å². The van der Waals surface area contributed by atoms with E-state index in [0.717, 1.165) is 46.7 Å². The molecule has 7 heteroatoms. The first-order valence-electron chi connectivity index (χ1n) is 8.47. The molecule has 25 heavy (non-hydrogen) atoms. The molecule has 1 atom stereocenters. The van der Waals surface area contributed by atoms with Gasteiger partial charge in [0.25, 0.3) is 0 Å². The van der Waals surface area contributed by atoms with Crippen LogP contribution in [0, 0.1) is 6.92 Å². The van der Waals surface area contributed by atoms with E-state index in [1.54, 1.807) is 0 Å². The van der Waals surface area contributed by atoms with Crippen LogP contribution in [0.1, 0.15) is 18.4 Å². The SMILES string of the molecule is Cc1cc2ccccc2n2c(SCC(=O)NC[C@@H]3CCCO3)nnc12. The average Bonchev–Trinajstić information content (AvgIpc) is 3.28. The minimum Gasteiger partial charge on any atom is -0.376 e. The number of aromatic nitrogens is 3. The van der Waals surface area contributed by atoms with E-state index >= 15 is 0 Å². The second kappa shape index (κ2) is 7.01. The number of hydrogen-bond donors (Lipinski definition) is 1.